The lowest BCUT2D eigenvalue weighted by Crippen LogP contribution is -1.89. The van der Waals surface area contributed by atoms with Gasteiger partial charge in [-0.25, -0.2) is 0 Å². The minimum Gasteiger partial charge on any atom is -0.494 e. The van der Waals surface area contributed by atoms with Crippen molar-refractivity contribution in [2.45, 2.75) is 6.92 Å². The van der Waals surface area contributed by atoms with Crippen LogP contribution in [0.5, 0.6) is 5.75 Å². The zero-order chi connectivity index (χ0) is 13.9. The first-order chi connectivity index (χ1) is 9.30. The van der Waals surface area contributed by atoms with E-state index in [1.54, 1.807) is 0 Å². The summed E-state index contributed by atoms with van der Waals surface area (Å²) in [5.41, 5.74) is 1.79. The van der Waals surface area contributed by atoms with Crippen LogP contribution in [-0.4, -0.2) is 20.0 Å². The first kappa shape index (κ1) is 14.6. The highest BCUT2D eigenvalue weighted by atomic mass is 16.5. The molecule has 2 aromatic rings. The number of rotatable bonds is 4. The van der Waals surface area contributed by atoms with Crippen molar-refractivity contribution in [1.82, 2.24) is 0 Å². The van der Waals surface area contributed by atoms with Crippen LogP contribution in [0.25, 0.3) is 0 Å². The third-order valence-electron chi connectivity index (χ3n) is 2.27. The molecule has 0 N–H and O–H groups in total. The van der Waals surface area contributed by atoms with E-state index in [0.29, 0.717) is 6.61 Å². The fraction of sp³-hybridized carbons (Fsp3) is 0.125. The van der Waals surface area contributed by atoms with Crippen molar-refractivity contribution in [1.29, 1.82) is 0 Å². The van der Waals surface area contributed by atoms with Crippen LogP contribution >= 0.6 is 0 Å². The van der Waals surface area contributed by atoms with Crippen LogP contribution in [0.4, 0.5) is 11.4 Å². The zero-order valence-electron chi connectivity index (χ0n) is 11.1. The molecule has 0 aliphatic carbocycles. The predicted molar refractivity (Wildman–Crippen MR) is 82.5 cm³/mol. The van der Waals surface area contributed by atoms with Crippen molar-refractivity contribution in [2.75, 3.05) is 6.61 Å². The molecule has 0 heterocycles. The molecule has 2 rings (SSSR count). The average molecular weight is 254 g/mol. The van der Waals surface area contributed by atoms with Gasteiger partial charge in [-0.1, -0.05) is 18.2 Å². The van der Waals surface area contributed by atoms with Gasteiger partial charge in [0.05, 0.1) is 18.0 Å². The number of benzene rings is 2. The molecule has 0 aliphatic heterocycles. The Balaban J connectivity index is 0.000000200. The van der Waals surface area contributed by atoms with E-state index in [1.807, 2.05) is 61.5 Å². The largest absolute Gasteiger partial charge is 0.494 e. The first-order valence-corrected chi connectivity index (χ1v) is 6.01. The number of hydrogen-bond donors (Lipinski definition) is 0. The van der Waals surface area contributed by atoms with Crippen LogP contribution in [0.15, 0.2) is 64.6 Å². The van der Waals surface area contributed by atoms with E-state index in [0.717, 1.165) is 17.1 Å². The second-order valence-electron chi connectivity index (χ2n) is 3.58. The van der Waals surface area contributed by atoms with Gasteiger partial charge in [-0.05, 0) is 56.8 Å². The van der Waals surface area contributed by atoms with Crippen LogP contribution in [0.2, 0.25) is 0 Å². The standard InChI is InChI=1S/C9H11NO.C7H7N/c1-3-11-9-6-4-8(10-2)5-7-9;1-8-7-5-3-2-4-6-7/h4-7H,2-3H2,1H3;2-6H,1H2. The van der Waals surface area contributed by atoms with Crippen molar-refractivity contribution in [3.63, 3.8) is 0 Å². The molecule has 2 aromatic carbocycles. The summed E-state index contributed by atoms with van der Waals surface area (Å²) in [5.74, 6) is 0.875. The summed E-state index contributed by atoms with van der Waals surface area (Å²) in [6.07, 6.45) is 0. The molecule has 0 fully saturated rings. The number of hydrogen-bond acceptors (Lipinski definition) is 3. The maximum Gasteiger partial charge on any atom is 0.119 e. The summed E-state index contributed by atoms with van der Waals surface area (Å²) in [7, 11) is 0. The van der Waals surface area contributed by atoms with E-state index >= 15 is 0 Å². The topological polar surface area (TPSA) is 34.0 Å². The minimum absolute atomic E-state index is 0.695. The highest BCUT2D eigenvalue weighted by Gasteiger charge is 1.90. The molecule has 98 valence electrons. The van der Waals surface area contributed by atoms with Gasteiger partial charge < -0.3 is 4.74 Å². The Bertz CT molecular complexity index is 492. The number of ether oxygens (including phenoxy) is 1. The van der Waals surface area contributed by atoms with E-state index in [4.69, 9.17) is 4.74 Å². The molecule has 19 heavy (non-hydrogen) atoms. The van der Waals surface area contributed by atoms with Gasteiger partial charge in [-0.15, -0.1) is 0 Å². The molecular formula is C16H18N2O. The first-order valence-electron chi connectivity index (χ1n) is 6.01. The lowest BCUT2D eigenvalue weighted by atomic mass is 10.3. The molecule has 0 radical (unpaired) electrons. The second kappa shape index (κ2) is 8.64. The molecule has 0 spiro atoms. The minimum atomic E-state index is 0.695. The maximum absolute atomic E-state index is 5.24. The van der Waals surface area contributed by atoms with Crippen molar-refractivity contribution >= 4 is 24.8 Å². The Morgan fingerprint density at radius 3 is 1.79 bits per heavy atom. The van der Waals surface area contributed by atoms with Crippen molar-refractivity contribution < 1.29 is 4.74 Å². The van der Waals surface area contributed by atoms with Gasteiger partial charge in [0.15, 0.2) is 0 Å². The Morgan fingerprint density at radius 1 is 0.842 bits per heavy atom. The molecule has 0 aliphatic rings. The quantitative estimate of drug-likeness (QED) is 0.743. The number of aliphatic imine (C=N–C) groups is 2. The third kappa shape index (κ3) is 5.64. The van der Waals surface area contributed by atoms with E-state index in [-0.39, 0.29) is 0 Å². The van der Waals surface area contributed by atoms with Crippen LogP contribution in [-0.2, 0) is 0 Å². The number of para-hydroxylation sites is 1. The summed E-state index contributed by atoms with van der Waals surface area (Å²) in [6.45, 7) is 9.45. The van der Waals surface area contributed by atoms with E-state index in [2.05, 4.69) is 23.4 Å². The summed E-state index contributed by atoms with van der Waals surface area (Å²) in [4.78, 5) is 7.49. The fourth-order valence-corrected chi connectivity index (χ4v) is 1.35. The highest BCUT2D eigenvalue weighted by molar-refractivity contribution is 5.47. The Morgan fingerprint density at radius 2 is 1.37 bits per heavy atom. The van der Waals surface area contributed by atoms with Crippen LogP contribution in [0.1, 0.15) is 6.92 Å². The molecule has 0 saturated carbocycles. The van der Waals surface area contributed by atoms with E-state index < -0.39 is 0 Å². The average Bonchev–Trinajstić information content (AvgIpc) is 2.50. The molecule has 0 aromatic heterocycles. The van der Waals surface area contributed by atoms with Crippen molar-refractivity contribution in [2.24, 2.45) is 9.98 Å². The molecule has 3 heteroatoms. The summed E-state index contributed by atoms with van der Waals surface area (Å²) in [6, 6.07) is 17.2. The van der Waals surface area contributed by atoms with Crippen LogP contribution in [0, 0.1) is 0 Å². The predicted octanol–water partition coefficient (Wildman–Crippen LogP) is 4.44. The SMILES string of the molecule is C=Nc1ccc(OCC)cc1.C=Nc1ccccc1. The van der Waals surface area contributed by atoms with Gasteiger partial charge in [-0.3, -0.25) is 9.98 Å². The molecule has 0 amide bonds. The van der Waals surface area contributed by atoms with E-state index in [1.165, 1.54) is 0 Å². The lowest BCUT2D eigenvalue weighted by molar-refractivity contribution is 0.340. The van der Waals surface area contributed by atoms with Crippen LogP contribution < -0.4 is 4.74 Å². The van der Waals surface area contributed by atoms with Gasteiger partial charge in [0.2, 0.25) is 0 Å². The van der Waals surface area contributed by atoms with Crippen LogP contribution in [0.3, 0.4) is 0 Å². The normalized spacial score (nSPS) is 8.89. The molecular weight excluding hydrogens is 236 g/mol. The molecule has 0 atom stereocenters. The molecule has 0 saturated heterocycles. The fourth-order valence-electron chi connectivity index (χ4n) is 1.35. The van der Waals surface area contributed by atoms with Gasteiger partial charge in [0.1, 0.15) is 5.75 Å². The maximum atomic E-state index is 5.24. The molecule has 0 bridgehead atoms. The Kier molecular flexibility index (Phi) is 6.66. The van der Waals surface area contributed by atoms with Crippen molar-refractivity contribution in [3.05, 3.63) is 54.6 Å². The summed E-state index contributed by atoms with van der Waals surface area (Å²) in [5, 5.41) is 0. The number of nitrogens with zero attached hydrogens (tertiary/aromatic N) is 2. The van der Waals surface area contributed by atoms with Crippen molar-refractivity contribution in [3.8, 4) is 5.75 Å². The third-order valence-corrected chi connectivity index (χ3v) is 2.27. The van der Waals surface area contributed by atoms with Gasteiger partial charge >= 0.3 is 0 Å². The summed E-state index contributed by atoms with van der Waals surface area (Å²) < 4.78 is 5.24. The molecule has 0 unspecified atom stereocenters. The second-order valence-corrected chi connectivity index (χ2v) is 3.58. The monoisotopic (exact) mass is 254 g/mol. The van der Waals surface area contributed by atoms with Gasteiger partial charge in [-0.2, -0.15) is 0 Å². The molecule has 3 nitrogen and oxygen atoms in total. The summed E-state index contributed by atoms with van der Waals surface area (Å²) >= 11 is 0. The van der Waals surface area contributed by atoms with Gasteiger partial charge in [0.25, 0.3) is 0 Å². The van der Waals surface area contributed by atoms with Gasteiger partial charge in [0, 0.05) is 0 Å². The Hall–Kier alpha value is -2.42. The van der Waals surface area contributed by atoms with E-state index in [9.17, 15) is 0 Å². The Labute approximate surface area is 114 Å². The lowest BCUT2D eigenvalue weighted by Gasteiger charge is -2.01. The smallest absolute Gasteiger partial charge is 0.119 e. The zero-order valence-corrected chi connectivity index (χ0v) is 11.1. The highest BCUT2D eigenvalue weighted by Crippen LogP contribution is 2.16.